The minimum Gasteiger partial charge on any atom is -0.327 e. The molecule has 15 heavy (non-hydrogen) atoms. The third kappa shape index (κ3) is 1.73. The zero-order valence-corrected chi connectivity index (χ0v) is 10.2. The maximum atomic E-state index is 5.92. The highest BCUT2D eigenvalue weighted by atomic mass is 79.9. The fourth-order valence-corrected chi connectivity index (χ4v) is 3.07. The number of halogens is 1. The van der Waals surface area contributed by atoms with E-state index in [1.54, 1.807) is 0 Å². The highest BCUT2D eigenvalue weighted by Gasteiger charge is 2.53. The zero-order chi connectivity index (χ0) is 10.4. The van der Waals surface area contributed by atoms with Crippen molar-refractivity contribution in [1.29, 1.82) is 0 Å². The largest absolute Gasteiger partial charge is 0.327 e. The van der Waals surface area contributed by atoms with E-state index in [-0.39, 0.29) is 0 Å². The van der Waals surface area contributed by atoms with Gasteiger partial charge in [-0.25, -0.2) is 0 Å². The topological polar surface area (TPSA) is 29.3 Å². The van der Waals surface area contributed by atoms with E-state index in [1.165, 1.54) is 23.1 Å². The molecular formula is C12H15BrN2. The minimum atomic E-state index is 0.500. The van der Waals surface area contributed by atoms with Crippen molar-refractivity contribution in [3.8, 4) is 0 Å². The smallest absolute Gasteiger partial charge is 0.0245 e. The van der Waals surface area contributed by atoms with E-state index >= 15 is 0 Å². The Balaban J connectivity index is 1.65. The van der Waals surface area contributed by atoms with Gasteiger partial charge in [0.25, 0.3) is 0 Å². The molecule has 1 aliphatic heterocycles. The Morgan fingerprint density at radius 3 is 2.60 bits per heavy atom. The van der Waals surface area contributed by atoms with E-state index in [2.05, 4.69) is 45.1 Å². The summed E-state index contributed by atoms with van der Waals surface area (Å²) in [6, 6.07) is 8.96. The molecule has 2 unspecified atom stereocenters. The number of piperidine rings is 1. The molecule has 80 valence electrons. The monoisotopic (exact) mass is 266 g/mol. The summed E-state index contributed by atoms with van der Waals surface area (Å²) >= 11 is 3.59. The van der Waals surface area contributed by atoms with Gasteiger partial charge in [-0.15, -0.1) is 0 Å². The van der Waals surface area contributed by atoms with E-state index in [0.29, 0.717) is 6.04 Å². The van der Waals surface area contributed by atoms with Crippen molar-refractivity contribution in [3.63, 3.8) is 0 Å². The second-order valence-electron chi connectivity index (χ2n) is 4.69. The van der Waals surface area contributed by atoms with Crippen molar-refractivity contribution in [3.05, 3.63) is 34.3 Å². The first-order chi connectivity index (χ1) is 7.25. The van der Waals surface area contributed by atoms with E-state index < -0.39 is 0 Å². The summed E-state index contributed by atoms with van der Waals surface area (Å²) in [6.07, 6.45) is 0. The van der Waals surface area contributed by atoms with E-state index in [9.17, 15) is 0 Å². The van der Waals surface area contributed by atoms with Crippen LogP contribution in [0.2, 0.25) is 0 Å². The van der Waals surface area contributed by atoms with Gasteiger partial charge in [-0.3, -0.25) is 4.90 Å². The van der Waals surface area contributed by atoms with Crippen LogP contribution in [0.4, 0.5) is 0 Å². The van der Waals surface area contributed by atoms with Crippen molar-refractivity contribution in [2.45, 2.75) is 12.6 Å². The Bertz CT molecular complexity index is 368. The predicted molar refractivity (Wildman–Crippen MR) is 64.4 cm³/mol. The summed E-state index contributed by atoms with van der Waals surface area (Å²) in [7, 11) is 0. The molecule has 1 saturated heterocycles. The van der Waals surface area contributed by atoms with Crippen molar-refractivity contribution in [2.75, 3.05) is 13.1 Å². The molecule has 0 spiro atoms. The molecular weight excluding hydrogens is 252 g/mol. The Labute approximate surface area is 98.6 Å². The van der Waals surface area contributed by atoms with E-state index in [4.69, 9.17) is 5.73 Å². The summed E-state index contributed by atoms with van der Waals surface area (Å²) in [5.41, 5.74) is 7.30. The first-order valence-electron chi connectivity index (χ1n) is 5.47. The molecule has 0 radical (unpaired) electrons. The van der Waals surface area contributed by atoms with Crippen LogP contribution in [0.5, 0.6) is 0 Å². The highest BCUT2D eigenvalue weighted by molar-refractivity contribution is 9.10. The van der Waals surface area contributed by atoms with Crippen LogP contribution in [0.25, 0.3) is 0 Å². The molecule has 3 heteroatoms. The van der Waals surface area contributed by atoms with Gasteiger partial charge in [-0.2, -0.15) is 0 Å². The van der Waals surface area contributed by atoms with Crippen molar-refractivity contribution in [1.82, 2.24) is 4.90 Å². The number of nitrogens with two attached hydrogens (primary N) is 1. The van der Waals surface area contributed by atoms with Gasteiger partial charge in [0.15, 0.2) is 0 Å². The van der Waals surface area contributed by atoms with Crippen molar-refractivity contribution < 1.29 is 0 Å². The molecule has 2 aliphatic rings. The molecule has 0 bridgehead atoms. The first-order valence-corrected chi connectivity index (χ1v) is 6.26. The SMILES string of the molecule is NC1C2CN(Cc3ccccc3Br)CC12. The Hall–Kier alpha value is -0.380. The average Bonchev–Trinajstić information content (AvgIpc) is 2.67. The van der Waals surface area contributed by atoms with Gasteiger partial charge in [0.1, 0.15) is 0 Å². The maximum Gasteiger partial charge on any atom is 0.0245 e. The molecule has 2 atom stereocenters. The number of benzene rings is 1. The maximum absolute atomic E-state index is 5.92. The molecule has 3 rings (SSSR count). The fourth-order valence-electron chi connectivity index (χ4n) is 2.66. The number of likely N-dealkylation sites (tertiary alicyclic amines) is 1. The van der Waals surface area contributed by atoms with Crippen LogP contribution < -0.4 is 5.73 Å². The van der Waals surface area contributed by atoms with E-state index in [1.807, 2.05) is 0 Å². The van der Waals surface area contributed by atoms with Gasteiger partial charge in [0.2, 0.25) is 0 Å². The van der Waals surface area contributed by atoms with E-state index in [0.717, 1.165) is 18.4 Å². The number of rotatable bonds is 2. The lowest BCUT2D eigenvalue weighted by Gasteiger charge is -2.19. The van der Waals surface area contributed by atoms with Gasteiger partial charge in [0, 0.05) is 30.1 Å². The van der Waals surface area contributed by atoms with Crippen LogP contribution >= 0.6 is 15.9 Å². The summed E-state index contributed by atoms with van der Waals surface area (Å²) in [6.45, 7) is 3.43. The number of hydrogen-bond acceptors (Lipinski definition) is 2. The number of nitrogens with zero attached hydrogens (tertiary/aromatic N) is 1. The van der Waals surface area contributed by atoms with Crippen molar-refractivity contribution >= 4 is 15.9 Å². The van der Waals surface area contributed by atoms with Gasteiger partial charge < -0.3 is 5.73 Å². The predicted octanol–water partition coefficient (Wildman–Crippen LogP) is 1.84. The van der Waals surface area contributed by atoms with Gasteiger partial charge in [0.05, 0.1) is 0 Å². The van der Waals surface area contributed by atoms with Gasteiger partial charge in [-0.1, -0.05) is 34.1 Å². The quantitative estimate of drug-likeness (QED) is 0.886. The molecule has 1 saturated carbocycles. The lowest BCUT2D eigenvalue weighted by atomic mass is 10.2. The molecule has 1 aliphatic carbocycles. The molecule has 0 amide bonds. The fraction of sp³-hybridized carbons (Fsp3) is 0.500. The molecule has 1 aromatic rings. The lowest BCUT2D eigenvalue weighted by molar-refractivity contribution is 0.289. The van der Waals surface area contributed by atoms with Crippen LogP contribution in [0.3, 0.4) is 0 Å². The van der Waals surface area contributed by atoms with Crippen molar-refractivity contribution in [2.24, 2.45) is 17.6 Å². The third-order valence-electron chi connectivity index (χ3n) is 3.69. The molecule has 1 heterocycles. The summed E-state index contributed by atoms with van der Waals surface area (Å²) in [5, 5.41) is 0. The average molecular weight is 267 g/mol. The third-order valence-corrected chi connectivity index (χ3v) is 4.46. The molecule has 2 N–H and O–H groups in total. The second kappa shape index (κ2) is 3.58. The van der Waals surface area contributed by atoms with Crippen LogP contribution in [0.15, 0.2) is 28.7 Å². The molecule has 1 aromatic carbocycles. The lowest BCUT2D eigenvalue weighted by Crippen LogP contribution is -2.27. The van der Waals surface area contributed by atoms with Gasteiger partial charge >= 0.3 is 0 Å². The Morgan fingerprint density at radius 1 is 1.27 bits per heavy atom. The minimum absolute atomic E-state index is 0.500. The van der Waals surface area contributed by atoms with Gasteiger partial charge in [-0.05, 0) is 23.5 Å². The zero-order valence-electron chi connectivity index (χ0n) is 8.57. The summed E-state index contributed by atoms with van der Waals surface area (Å²) in [4.78, 5) is 2.51. The summed E-state index contributed by atoms with van der Waals surface area (Å²) < 4.78 is 1.22. The first kappa shape index (κ1) is 9.82. The summed E-state index contributed by atoms with van der Waals surface area (Å²) in [5.74, 6) is 1.57. The standard InChI is InChI=1S/C12H15BrN2/c13-11-4-2-1-3-8(11)5-15-6-9-10(7-15)12(9)14/h1-4,9-10,12H,5-7,14H2. The number of hydrogen-bond donors (Lipinski definition) is 1. The Morgan fingerprint density at radius 2 is 1.93 bits per heavy atom. The molecule has 2 fully saturated rings. The molecule has 0 aromatic heterocycles. The van der Waals surface area contributed by atoms with Crippen LogP contribution in [-0.2, 0) is 6.54 Å². The van der Waals surface area contributed by atoms with Crippen LogP contribution in [-0.4, -0.2) is 24.0 Å². The Kier molecular flexibility index (Phi) is 2.34. The van der Waals surface area contributed by atoms with Crippen LogP contribution in [0, 0.1) is 11.8 Å². The highest BCUT2D eigenvalue weighted by Crippen LogP contribution is 2.44. The normalized spacial score (nSPS) is 34.1. The number of fused-ring (bicyclic) bond motifs is 1. The van der Waals surface area contributed by atoms with Crippen LogP contribution in [0.1, 0.15) is 5.56 Å². The second-order valence-corrected chi connectivity index (χ2v) is 5.54. The molecule has 2 nitrogen and oxygen atoms in total.